The fourth-order valence-corrected chi connectivity index (χ4v) is 1.50. The van der Waals surface area contributed by atoms with Crippen molar-refractivity contribution >= 4 is 6.09 Å². The standard InChI is InChI=1S/C12H22N2O2/c1-6-9(2)13-10-7-14(8-10)11(15)16-12(3,4)5/h6,9-10,13H,1,7-8H2,2-5H3. The Morgan fingerprint density at radius 3 is 2.56 bits per heavy atom. The van der Waals surface area contributed by atoms with E-state index in [0.717, 1.165) is 0 Å². The van der Waals surface area contributed by atoms with Crippen molar-refractivity contribution in [1.29, 1.82) is 0 Å². The molecule has 1 unspecified atom stereocenters. The second-order valence-corrected chi connectivity index (χ2v) is 5.27. The summed E-state index contributed by atoms with van der Waals surface area (Å²) in [6, 6.07) is 0.645. The molecule has 0 aromatic rings. The zero-order valence-electron chi connectivity index (χ0n) is 10.6. The molecule has 1 N–H and O–H groups in total. The van der Waals surface area contributed by atoms with Gasteiger partial charge in [0.15, 0.2) is 0 Å². The van der Waals surface area contributed by atoms with Crippen molar-refractivity contribution in [3.05, 3.63) is 12.7 Å². The first-order valence-corrected chi connectivity index (χ1v) is 5.68. The predicted molar refractivity (Wildman–Crippen MR) is 64.4 cm³/mol. The Morgan fingerprint density at radius 1 is 1.56 bits per heavy atom. The third-order valence-corrected chi connectivity index (χ3v) is 2.39. The van der Waals surface area contributed by atoms with Gasteiger partial charge in [0, 0.05) is 25.2 Å². The molecule has 0 bridgehead atoms. The summed E-state index contributed by atoms with van der Waals surface area (Å²) in [5, 5.41) is 3.35. The first kappa shape index (κ1) is 13.0. The highest BCUT2D eigenvalue weighted by molar-refractivity contribution is 5.69. The molecular weight excluding hydrogens is 204 g/mol. The number of nitrogens with zero attached hydrogens (tertiary/aromatic N) is 1. The molecule has 4 heteroatoms. The van der Waals surface area contributed by atoms with Gasteiger partial charge in [-0.2, -0.15) is 0 Å². The summed E-state index contributed by atoms with van der Waals surface area (Å²) in [5.74, 6) is 0. The molecule has 0 spiro atoms. The van der Waals surface area contributed by atoms with Gasteiger partial charge in [0.1, 0.15) is 5.60 Å². The first-order valence-electron chi connectivity index (χ1n) is 5.68. The number of carbonyl (C=O) groups is 1. The van der Waals surface area contributed by atoms with Gasteiger partial charge in [0.05, 0.1) is 0 Å². The number of hydrogen-bond acceptors (Lipinski definition) is 3. The number of likely N-dealkylation sites (tertiary alicyclic amines) is 1. The summed E-state index contributed by atoms with van der Waals surface area (Å²) in [4.78, 5) is 13.3. The first-order chi connectivity index (χ1) is 7.31. The highest BCUT2D eigenvalue weighted by Gasteiger charge is 2.33. The minimum atomic E-state index is -0.413. The summed E-state index contributed by atoms with van der Waals surface area (Å²) >= 11 is 0. The molecule has 1 rings (SSSR count). The monoisotopic (exact) mass is 226 g/mol. The van der Waals surface area contributed by atoms with Crippen LogP contribution in [0.1, 0.15) is 27.7 Å². The second-order valence-electron chi connectivity index (χ2n) is 5.27. The molecule has 0 saturated carbocycles. The number of carbonyl (C=O) groups excluding carboxylic acids is 1. The lowest BCUT2D eigenvalue weighted by Crippen LogP contribution is -2.61. The van der Waals surface area contributed by atoms with Crippen molar-refractivity contribution in [1.82, 2.24) is 10.2 Å². The minimum absolute atomic E-state index is 0.225. The van der Waals surface area contributed by atoms with Gasteiger partial charge in [-0.05, 0) is 27.7 Å². The summed E-state index contributed by atoms with van der Waals surface area (Å²) in [7, 11) is 0. The van der Waals surface area contributed by atoms with Crippen molar-refractivity contribution in [2.75, 3.05) is 13.1 Å². The van der Waals surface area contributed by atoms with Gasteiger partial charge in [-0.15, -0.1) is 6.58 Å². The highest BCUT2D eigenvalue weighted by atomic mass is 16.6. The lowest BCUT2D eigenvalue weighted by atomic mass is 10.1. The maximum absolute atomic E-state index is 11.6. The Kier molecular flexibility index (Phi) is 3.97. The van der Waals surface area contributed by atoms with Crippen molar-refractivity contribution in [3.63, 3.8) is 0 Å². The van der Waals surface area contributed by atoms with E-state index in [1.807, 2.05) is 33.8 Å². The molecule has 92 valence electrons. The molecule has 16 heavy (non-hydrogen) atoms. The molecule has 1 atom stereocenters. The van der Waals surface area contributed by atoms with Crippen LogP contribution in [0.5, 0.6) is 0 Å². The maximum Gasteiger partial charge on any atom is 0.410 e. The Bertz CT molecular complexity index is 265. The van der Waals surface area contributed by atoms with Crippen LogP contribution < -0.4 is 5.32 Å². The number of hydrogen-bond donors (Lipinski definition) is 1. The molecule has 1 heterocycles. The molecule has 1 saturated heterocycles. The molecule has 0 aliphatic carbocycles. The van der Waals surface area contributed by atoms with E-state index in [0.29, 0.717) is 19.1 Å². The van der Waals surface area contributed by atoms with Gasteiger partial charge in [0.2, 0.25) is 0 Å². The third-order valence-electron chi connectivity index (χ3n) is 2.39. The zero-order chi connectivity index (χ0) is 12.3. The average molecular weight is 226 g/mol. The molecule has 4 nitrogen and oxygen atoms in total. The van der Waals surface area contributed by atoms with Gasteiger partial charge in [-0.3, -0.25) is 0 Å². The topological polar surface area (TPSA) is 41.6 Å². The highest BCUT2D eigenvalue weighted by Crippen LogP contribution is 2.15. The SMILES string of the molecule is C=CC(C)NC1CN(C(=O)OC(C)(C)C)C1. The van der Waals surface area contributed by atoms with Crippen LogP contribution in [0.3, 0.4) is 0 Å². The van der Waals surface area contributed by atoms with Crippen LogP contribution >= 0.6 is 0 Å². The van der Waals surface area contributed by atoms with Crippen molar-refractivity contribution in [2.45, 2.75) is 45.4 Å². The summed E-state index contributed by atoms with van der Waals surface area (Å²) in [6.07, 6.45) is 1.63. The van der Waals surface area contributed by atoms with E-state index >= 15 is 0 Å². The normalized spacial score (nSPS) is 18.9. The van der Waals surface area contributed by atoms with Crippen molar-refractivity contribution in [3.8, 4) is 0 Å². The lowest BCUT2D eigenvalue weighted by Gasteiger charge is -2.41. The maximum atomic E-state index is 11.6. The van der Waals surface area contributed by atoms with E-state index < -0.39 is 5.60 Å². The van der Waals surface area contributed by atoms with Crippen LogP contribution in [0.2, 0.25) is 0 Å². The number of ether oxygens (including phenoxy) is 1. The van der Waals surface area contributed by atoms with Crippen LogP contribution in [0.4, 0.5) is 4.79 Å². The van der Waals surface area contributed by atoms with Crippen LogP contribution in [-0.2, 0) is 4.74 Å². The lowest BCUT2D eigenvalue weighted by molar-refractivity contribution is 0.00485. The molecule has 0 aromatic carbocycles. The smallest absolute Gasteiger partial charge is 0.410 e. The van der Waals surface area contributed by atoms with E-state index in [1.165, 1.54) is 0 Å². The fraction of sp³-hybridized carbons (Fsp3) is 0.750. The van der Waals surface area contributed by atoms with Gasteiger partial charge in [-0.25, -0.2) is 4.79 Å². The number of rotatable bonds is 3. The van der Waals surface area contributed by atoms with Crippen LogP contribution in [0, 0.1) is 0 Å². The van der Waals surface area contributed by atoms with E-state index in [9.17, 15) is 4.79 Å². The van der Waals surface area contributed by atoms with E-state index in [4.69, 9.17) is 4.74 Å². The van der Waals surface area contributed by atoms with E-state index in [1.54, 1.807) is 4.90 Å². The predicted octanol–water partition coefficient (Wildman–Crippen LogP) is 1.77. The fourth-order valence-electron chi connectivity index (χ4n) is 1.50. The average Bonchev–Trinajstić information content (AvgIpc) is 2.06. The molecular formula is C12H22N2O2. The molecule has 1 amide bonds. The van der Waals surface area contributed by atoms with E-state index in [-0.39, 0.29) is 12.1 Å². The summed E-state index contributed by atoms with van der Waals surface area (Å²) in [6.45, 7) is 12.8. The van der Waals surface area contributed by atoms with Crippen LogP contribution in [0.25, 0.3) is 0 Å². The van der Waals surface area contributed by atoms with Gasteiger partial charge < -0.3 is 15.0 Å². The summed E-state index contributed by atoms with van der Waals surface area (Å²) in [5.41, 5.74) is -0.413. The van der Waals surface area contributed by atoms with Crippen molar-refractivity contribution in [2.24, 2.45) is 0 Å². The zero-order valence-corrected chi connectivity index (χ0v) is 10.6. The second kappa shape index (κ2) is 4.87. The van der Waals surface area contributed by atoms with Gasteiger partial charge in [-0.1, -0.05) is 6.08 Å². The third kappa shape index (κ3) is 3.85. The molecule has 0 aromatic heterocycles. The number of nitrogens with one attached hydrogen (secondary N) is 1. The Morgan fingerprint density at radius 2 is 2.12 bits per heavy atom. The van der Waals surface area contributed by atoms with Crippen molar-refractivity contribution < 1.29 is 9.53 Å². The Balaban J connectivity index is 2.25. The van der Waals surface area contributed by atoms with Gasteiger partial charge in [0.25, 0.3) is 0 Å². The van der Waals surface area contributed by atoms with Crippen LogP contribution in [0.15, 0.2) is 12.7 Å². The molecule has 1 aliphatic rings. The minimum Gasteiger partial charge on any atom is -0.444 e. The summed E-state index contributed by atoms with van der Waals surface area (Å²) < 4.78 is 5.26. The van der Waals surface area contributed by atoms with Gasteiger partial charge >= 0.3 is 6.09 Å². The van der Waals surface area contributed by atoms with E-state index in [2.05, 4.69) is 11.9 Å². The molecule has 1 fully saturated rings. The molecule has 0 radical (unpaired) electrons. The largest absolute Gasteiger partial charge is 0.444 e. The Hall–Kier alpha value is -1.03. The molecule has 1 aliphatic heterocycles. The quantitative estimate of drug-likeness (QED) is 0.746. The Labute approximate surface area is 97.6 Å². The van der Waals surface area contributed by atoms with Crippen LogP contribution in [-0.4, -0.2) is 41.8 Å². The number of amides is 1.